The summed E-state index contributed by atoms with van der Waals surface area (Å²) in [6.07, 6.45) is 9.31. The van der Waals surface area contributed by atoms with E-state index in [2.05, 4.69) is 0 Å². The van der Waals surface area contributed by atoms with Crippen LogP contribution in [0.4, 0.5) is 0 Å². The van der Waals surface area contributed by atoms with Gasteiger partial charge in [-0.15, -0.1) is 0 Å². The van der Waals surface area contributed by atoms with Crippen molar-refractivity contribution in [1.29, 1.82) is 0 Å². The second-order valence-electron chi connectivity index (χ2n) is 4.51. The molecule has 0 bridgehead atoms. The van der Waals surface area contributed by atoms with Gasteiger partial charge in [-0.1, -0.05) is 49.6 Å². The van der Waals surface area contributed by atoms with Crippen LogP contribution in [0, 0.1) is 5.92 Å². The molecule has 1 aromatic rings. The van der Waals surface area contributed by atoms with Crippen LogP contribution in [0.1, 0.15) is 37.7 Å². The van der Waals surface area contributed by atoms with Crippen molar-refractivity contribution in [2.24, 2.45) is 5.92 Å². The summed E-state index contributed by atoms with van der Waals surface area (Å²) in [6.45, 7) is 0. The molecule has 1 aliphatic carbocycles. The summed E-state index contributed by atoms with van der Waals surface area (Å²) >= 11 is 0. The third-order valence-corrected chi connectivity index (χ3v) is 3.35. The highest BCUT2D eigenvalue weighted by atomic mass is 16.1. The summed E-state index contributed by atoms with van der Waals surface area (Å²) < 4.78 is 0. The van der Waals surface area contributed by atoms with E-state index in [1.54, 1.807) is 0 Å². The highest BCUT2D eigenvalue weighted by Gasteiger charge is 2.17. The molecular formula is C15H18O. The number of hydrogen-bond donors (Lipinski definition) is 0. The van der Waals surface area contributed by atoms with E-state index in [1.165, 1.54) is 32.1 Å². The molecule has 0 radical (unpaired) electrons. The molecule has 16 heavy (non-hydrogen) atoms. The Labute approximate surface area is 97.2 Å². The zero-order valence-corrected chi connectivity index (χ0v) is 9.56. The fourth-order valence-corrected chi connectivity index (χ4v) is 2.43. The van der Waals surface area contributed by atoms with E-state index < -0.39 is 0 Å². The fourth-order valence-electron chi connectivity index (χ4n) is 2.43. The standard InChI is InChI=1S/C15H18O/c16-12-15(14-9-5-2-6-10-14)11-13-7-3-1-4-8-13/h1,3-4,7-8,11-12,14H,2,5-6,9-10H2/b15-11-. The van der Waals surface area contributed by atoms with Crippen LogP contribution in [0.2, 0.25) is 0 Å². The Morgan fingerprint density at radius 1 is 1.06 bits per heavy atom. The lowest BCUT2D eigenvalue weighted by molar-refractivity contribution is -0.105. The molecule has 0 saturated heterocycles. The smallest absolute Gasteiger partial charge is 0.146 e. The van der Waals surface area contributed by atoms with Crippen molar-refractivity contribution in [2.45, 2.75) is 32.1 Å². The number of carbonyl (C=O) groups is 1. The largest absolute Gasteiger partial charge is 0.298 e. The van der Waals surface area contributed by atoms with Crippen molar-refractivity contribution in [3.05, 3.63) is 41.5 Å². The van der Waals surface area contributed by atoms with Crippen molar-refractivity contribution in [3.8, 4) is 0 Å². The molecule has 0 unspecified atom stereocenters. The molecule has 1 fully saturated rings. The van der Waals surface area contributed by atoms with Gasteiger partial charge in [-0.3, -0.25) is 4.79 Å². The first-order valence-electron chi connectivity index (χ1n) is 6.12. The first-order valence-corrected chi connectivity index (χ1v) is 6.12. The molecule has 0 heterocycles. The van der Waals surface area contributed by atoms with Gasteiger partial charge in [-0.05, 0) is 36.0 Å². The lowest BCUT2D eigenvalue weighted by Crippen LogP contribution is -2.09. The molecule has 1 aromatic carbocycles. The molecule has 2 rings (SSSR count). The molecule has 1 aliphatic rings. The highest BCUT2D eigenvalue weighted by Crippen LogP contribution is 2.29. The molecule has 0 spiro atoms. The van der Waals surface area contributed by atoms with E-state index in [0.717, 1.165) is 17.4 Å². The van der Waals surface area contributed by atoms with Gasteiger partial charge in [0.2, 0.25) is 0 Å². The van der Waals surface area contributed by atoms with Gasteiger partial charge in [0.1, 0.15) is 6.29 Å². The van der Waals surface area contributed by atoms with Crippen molar-refractivity contribution in [3.63, 3.8) is 0 Å². The van der Waals surface area contributed by atoms with Gasteiger partial charge >= 0.3 is 0 Å². The monoisotopic (exact) mass is 214 g/mol. The molecule has 0 amide bonds. The SMILES string of the molecule is O=C/C(=C/c1ccccc1)C1CCCCC1. The van der Waals surface area contributed by atoms with Crippen molar-refractivity contribution in [2.75, 3.05) is 0 Å². The number of benzene rings is 1. The average molecular weight is 214 g/mol. The van der Waals surface area contributed by atoms with Crippen LogP contribution in [0.3, 0.4) is 0 Å². The summed E-state index contributed by atoms with van der Waals surface area (Å²) in [5.41, 5.74) is 2.11. The summed E-state index contributed by atoms with van der Waals surface area (Å²) in [5, 5.41) is 0. The molecule has 0 atom stereocenters. The number of aldehydes is 1. The maximum absolute atomic E-state index is 11.1. The van der Waals surface area contributed by atoms with Crippen LogP contribution in [0.5, 0.6) is 0 Å². The minimum absolute atomic E-state index is 0.492. The summed E-state index contributed by atoms with van der Waals surface area (Å²) in [4.78, 5) is 11.1. The van der Waals surface area contributed by atoms with Crippen LogP contribution < -0.4 is 0 Å². The number of hydrogen-bond acceptors (Lipinski definition) is 1. The predicted molar refractivity (Wildman–Crippen MR) is 67.1 cm³/mol. The van der Waals surface area contributed by atoms with E-state index >= 15 is 0 Å². The lowest BCUT2D eigenvalue weighted by atomic mass is 9.83. The van der Waals surface area contributed by atoms with E-state index in [1.807, 2.05) is 36.4 Å². The Kier molecular flexibility index (Phi) is 3.92. The van der Waals surface area contributed by atoms with Crippen molar-refractivity contribution in [1.82, 2.24) is 0 Å². The Balaban J connectivity index is 2.15. The molecule has 84 valence electrons. The second kappa shape index (κ2) is 5.64. The Morgan fingerprint density at radius 3 is 2.38 bits per heavy atom. The normalized spacial score (nSPS) is 18.4. The number of allylic oxidation sites excluding steroid dienone is 1. The predicted octanol–water partition coefficient (Wildman–Crippen LogP) is 3.85. The van der Waals surface area contributed by atoms with Crippen LogP contribution >= 0.6 is 0 Å². The minimum atomic E-state index is 0.492. The van der Waals surface area contributed by atoms with Crippen LogP contribution in [0.15, 0.2) is 35.9 Å². The first kappa shape index (κ1) is 11.1. The van der Waals surface area contributed by atoms with Gasteiger partial charge in [0.25, 0.3) is 0 Å². The fraction of sp³-hybridized carbons (Fsp3) is 0.400. The van der Waals surface area contributed by atoms with Crippen LogP contribution in [-0.4, -0.2) is 6.29 Å². The topological polar surface area (TPSA) is 17.1 Å². The van der Waals surface area contributed by atoms with Crippen LogP contribution in [-0.2, 0) is 4.79 Å². The van der Waals surface area contributed by atoms with Gasteiger partial charge < -0.3 is 0 Å². The summed E-state index contributed by atoms with van der Waals surface area (Å²) in [6, 6.07) is 10.1. The van der Waals surface area contributed by atoms with Gasteiger partial charge in [-0.25, -0.2) is 0 Å². The molecule has 0 N–H and O–H groups in total. The number of rotatable bonds is 3. The Hall–Kier alpha value is -1.37. The molecule has 0 aromatic heterocycles. The van der Waals surface area contributed by atoms with Gasteiger partial charge in [-0.2, -0.15) is 0 Å². The second-order valence-corrected chi connectivity index (χ2v) is 4.51. The summed E-state index contributed by atoms with van der Waals surface area (Å²) in [5.74, 6) is 0.492. The van der Waals surface area contributed by atoms with Gasteiger partial charge in [0.15, 0.2) is 0 Å². The zero-order chi connectivity index (χ0) is 11.2. The quantitative estimate of drug-likeness (QED) is 0.551. The maximum atomic E-state index is 11.1. The summed E-state index contributed by atoms with van der Waals surface area (Å²) in [7, 11) is 0. The first-order chi connectivity index (χ1) is 7.90. The zero-order valence-electron chi connectivity index (χ0n) is 9.56. The van der Waals surface area contributed by atoms with Crippen molar-refractivity contribution >= 4 is 12.4 Å². The van der Waals surface area contributed by atoms with E-state index in [0.29, 0.717) is 5.92 Å². The molecular weight excluding hydrogens is 196 g/mol. The Bertz CT molecular complexity index is 358. The molecule has 1 saturated carbocycles. The van der Waals surface area contributed by atoms with Gasteiger partial charge in [0.05, 0.1) is 0 Å². The molecule has 1 nitrogen and oxygen atoms in total. The van der Waals surface area contributed by atoms with E-state index in [-0.39, 0.29) is 0 Å². The number of carbonyl (C=O) groups excluding carboxylic acids is 1. The lowest BCUT2D eigenvalue weighted by Gasteiger charge is -2.21. The molecule has 1 heteroatoms. The Morgan fingerprint density at radius 2 is 1.75 bits per heavy atom. The van der Waals surface area contributed by atoms with Gasteiger partial charge in [0, 0.05) is 0 Å². The third kappa shape index (κ3) is 2.82. The molecule has 0 aliphatic heterocycles. The van der Waals surface area contributed by atoms with E-state index in [9.17, 15) is 4.79 Å². The maximum Gasteiger partial charge on any atom is 0.146 e. The van der Waals surface area contributed by atoms with E-state index in [4.69, 9.17) is 0 Å². The highest BCUT2D eigenvalue weighted by molar-refractivity contribution is 5.82. The third-order valence-electron chi connectivity index (χ3n) is 3.35. The average Bonchev–Trinajstić information content (AvgIpc) is 2.38. The van der Waals surface area contributed by atoms with Crippen molar-refractivity contribution < 1.29 is 4.79 Å². The van der Waals surface area contributed by atoms with Crippen LogP contribution in [0.25, 0.3) is 6.08 Å². The minimum Gasteiger partial charge on any atom is -0.298 e.